The van der Waals surface area contributed by atoms with E-state index in [2.05, 4.69) is 15.5 Å². The lowest BCUT2D eigenvalue weighted by Crippen LogP contribution is -2.46. The summed E-state index contributed by atoms with van der Waals surface area (Å²) in [5, 5.41) is 7.75. The number of aryl methyl sites for hydroxylation is 1. The van der Waals surface area contributed by atoms with E-state index in [-0.39, 0.29) is 10.9 Å². The SMILES string of the molecule is CCc1noc2ncc(S(=O)(=O)N3CCCC(NC)C3)cc12. The number of piperidine rings is 1. The van der Waals surface area contributed by atoms with Gasteiger partial charge in [0.1, 0.15) is 4.90 Å². The maximum absolute atomic E-state index is 12.8. The van der Waals surface area contributed by atoms with Crippen LogP contribution in [0.15, 0.2) is 21.7 Å². The lowest BCUT2D eigenvalue weighted by Gasteiger charge is -2.31. The Hall–Kier alpha value is -1.51. The molecule has 1 atom stereocenters. The van der Waals surface area contributed by atoms with Crippen molar-refractivity contribution in [3.8, 4) is 0 Å². The number of hydrogen-bond donors (Lipinski definition) is 1. The second kappa shape index (κ2) is 5.94. The van der Waals surface area contributed by atoms with Gasteiger partial charge in [0, 0.05) is 19.1 Å². The second-order valence-electron chi connectivity index (χ2n) is 5.50. The molecule has 3 heterocycles. The molecule has 120 valence electrons. The molecule has 0 saturated carbocycles. The van der Waals surface area contributed by atoms with Crippen LogP contribution in [-0.4, -0.2) is 49.0 Å². The first-order chi connectivity index (χ1) is 10.6. The van der Waals surface area contributed by atoms with Crippen molar-refractivity contribution in [1.29, 1.82) is 0 Å². The minimum absolute atomic E-state index is 0.196. The number of nitrogens with one attached hydrogen (secondary N) is 1. The van der Waals surface area contributed by atoms with E-state index in [4.69, 9.17) is 4.52 Å². The zero-order chi connectivity index (χ0) is 15.7. The largest absolute Gasteiger partial charge is 0.336 e. The van der Waals surface area contributed by atoms with E-state index in [0.717, 1.165) is 18.5 Å². The topological polar surface area (TPSA) is 88.3 Å². The van der Waals surface area contributed by atoms with Crippen LogP contribution in [0, 0.1) is 0 Å². The Labute approximate surface area is 129 Å². The molecule has 1 N–H and O–H groups in total. The highest BCUT2D eigenvalue weighted by molar-refractivity contribution is 7.89. The monoisotopic (exact) mass is 324 g/mol. The molecule has 2 aromatic rings. The van der Waals surface area contributed by atoms with Gasteiger partial charge in [0.25, 0.3) is 5.71 Å². The third-order valence-electron chi connectivity index (χ3n) is 4.14. The highest BCUT2D eigenvalue weighted by Gasteiger charge is 2.30. The molecule has 22 heavy (non-hydrogen) atoms. The first-order valence-corrected chi connectivity index (χ1v) is 8.92. The average molecular weight is 324 g/mol. The summed E-state index contributed by atoms with van der Waals surface area (Å²) in [4.78, 5) is 4.30. The fraction of sp³-hybridized carbons (Fsp3) is 0.571. The van der Waals surface area contributed by atoms with Gasteiger partial charge in [-0.3, -0.25) is 0 Å². The van der Waals surface area contributed by atoms with E-state index in [1.54, 1.807) is 6.07 Å². The summed E-state index contributed by atoms with van der Waals surface area (Å²) in [5.41, 5.74) is 1.11. The van der Waals surface area contributed by atoms with Gasteiger partial charge in [0.05, 0.1) is 17.3 Å². The van der Waals surface area contributed by atoms with E-state index < -0.39 is 10.0 Å². The maximum atomic E-state index is 12.8. The van der Waals surface area contributed by atoms with Crippen LogP contribution in [0.5, 0.6) is 0 Å². The first-order valence-electron chi connectivity index (χ1n) is 7.48. The predicted molar refractivity (Wildman–Crippen MR) is 82.0 cm³/mol. The van der Waals surface area contributed by atoms with Crippen molar-refractivity contribution >= 4 is 21.1 Å². The third kappa shape index (κ3) is 2.62. The summed E-state index contributed by atoms with van der Waals surface area (Å²) in [5.74, 6) is 0. The van der Waals surface area contributed by atoms with E-state index in [0.29, 0.717) is 30.6 Å². The predicted octanol–water partition coefficient (Wildman–Crippen LogP) is 1.16. The molecule has 0 aromatic carbocycles. The molecule has 8 heteroatoms. The van der Waals surface area contributed by atoms with Crippen LogP contribution in [0.3, 0.4) is 0 Å². The van der Waals surface area contributed by atoms with E-state index in [9.17, 15) is 8.42 Å². The van der Waals surface area contributed by atoms with Gasteiger partial charge in [-0.1, -0.05) is 12.1 Å². The number of likely N-dealkylation sites (N-methyl/N-ethyl adjacent to an activating group) is 1. The molecule has 1 saturated heterocycles. The van der Waals surface area contributed by atoms with Crippen LogP contribution in [0.25, 0.3) is 11.1 Å². The molecular weight excluding hydrogens is 304 g/mol. The standard InChI is InChI=1S/C14H20N4O3S/c1-3-13-12-7-11(8-16-14(12)21-17-13)22(19,20)18-6-4-5-10(9-18)15-2/h7-8,10,15H,3-6,9H2,1-2H3. The fourth-order valence-electron chi connectivity index (χ4n) is 2.80. The molecule has 0 radical (unpaired) electrons. The molecule has 1 aliphatic heterocycles. The third-order valence-corrected chi connectivity index (χ3v) is 5.97. The van der Waals surface area contributed by atoms with Crippen molar-refractivity contribution in [2.24, 2.45) is 0 Å². The highest BCUT2D eigenvalue weighted by Crippen LogP contribution is 2.24. The summed E-state index contributed by atoms with van der Waals surface area (Å²) < 4.78 is 32.3. The molecule has 7 nitrogen and oxygen atoms in total. The summed E-state index contributed by atoms with van der Waals surface area (Å²) in [6.07, 6.45) is 3.87. The van der Waals surface area contributed by atoms with Crippen LogP contribution < -0.4 is 5.32 Å². The fourth-order valence-corrected chi connectivity index (χ4v) is 4.30. The van der Waals surface area contributed by atoms with E-state index >= 15 is 0 Å². The Bertz CT molecular complexity index is 771. The maximum Gasteiger partial charge on any atom is 0.258 e. The van der Waals surface area contributed by atoms with Gasteiger partial charge in [0.15, 0.2) is 0 Å². The van der Waals surface area contributed by atoms with Gasteiger partial charge in [-0.2, -0.15) is 4.31 Å². The van der Waals surface area contributed by atoms with Gasteiger partial charge in [-0.05, 0) is 32.4 Å². The van der Waals surface area contributed by atoms with E-state index in [1.165, 1.54) is 10.5 Å². The van der Waals surface area contributed by atoms with Gasteiger partial charge in [-0.15, -0.1) is 0 Å². The smallest absolute Gasteiger partial charge is 0.258 e. The summed E-state index contributed by atoms with van der Waals surface area (Å²) in [6.45, 7) is 2.98. The zero-order valence-electron chi connectivity index (χ0n) is 12.7. The lowest BCUT2D eigenvalue weighted by atomic mass is 10.1. The molecular formula is C14H20N4O3S. The molecule has 0 aliphatic carbocycles. The quantitative estimate of drug-likeness (QED) is 0.908. The lowest BCUT2D eigenvalue weighted by molar-refractivity contribution is 0.293. The van der Waals surface area contributed by atoms with Crippen molar-refractivity contribution in [3.05, 3.63) is 18.0 Å². The second-order valence-corrected chi connectivity index (χ2v) is 7.44. The van der Waals surface area contributed by atoms with Crippen LogP contribution in [-0.2, 0) is 16.4 Å². The summed E-state index contributed by atoms with van der Waals surface area (Å²) >= 11 is 0. The first kappa shape index (κ1) is 15.4. The van der Waals surface area contributed by atoms with Crippen molar-refractivity contribution in [1.82, 2.24) is 19.8 Å². The van der Waals surface area contributed by atoms with Gasteiger partial charge >= 0.3 is 0 Å². The van der Waals surface area contributed by atoms with Crippen molar-refractivity contribution in [2.45, 2.75) is 37.1 Å². The van der Waals surface area contributed by atoms with Gasteiger partial charge < -0.3 is 9.84 Å². The van der Waals surface area contributed by atoms with E-state index in [1.807, 2.05) is 14.0 Å². The molecule has 0 spiro atoms. The number of sulfonamides is 1. The Morgan fingerprint density at radius 2 is 2.32 bits per heavy atom. The Morgan fingerprint density at radius 1 is 1.50 bits per heavy atom. The van der Waals surface area contributed by atoms with Crippen LogP contribution in [0.2, 0.25) is 0 Å². The zero-order valence-corrected chi connectivity index (χ0v) is 13.6. The highest BCUT2D eigenvalue weighted by atomic mass is 32.2. The minimum atomic E-state index is -3.54. The number of fused-ring (bicyclic) bond motifs is 1. The van der Waals surface area contributed by atoms with Gasteiger partial charge in [-0.25, -0.2) is 13.4 Å². The van der Waals surface area contributed by atoms with Crippen molar-refractivity contribution in [3.63, 3.8) is 0 Å². The minimum Gasteiger partial charge on any atom is -0.336 e. The summed E-state index contributed by atoms with van der Waals surface area (Å²) in [6, 6.07) is 1.82. The number of nitrogens with zero attached hydrogens (tertiary/aromatic N) is 3. The molecule has 1 fully saturated rings. The summed E-state index contributed by atoms with van der Waals surface area (Å²) in [7, 11) is -1.68. The van der Waals surface area contributed by atoms with Gasteiger partial charge in [0.2, 0.25) is 10.0 Å². The normalized spacial score (nSPS) is 20.5. The molecule has 3 rings (SSSR count). The number of hydrogen-bond acceptors (Lipinski definition) is 6. The Morgan fingerprint density at radius 3 is 3.05 bits per heavy atom. The van der Waals surface area contributed by atoms with Crippen LogP contribution in [0.1, 0.15) is 25.5 Å². The van der Waals surface area contributed by atoms with Crippen LogP contribution in [0.4, 0.5) is 0 Å². The Balaban J connectivity index is 1.97. The number of pyridine rings is 1. The number of rotatable bonds is 4. The molecule has 1 aliphatic rings. The molecule has 0 amide bonds. The molecule has 2 aromatic heterocycles. The molecule has 0 bridgehead atoms. The van der Waals surface area contributed by atoms with Crippen LogP contribution >= 0.6 is 0 Å². The molecule has 1 unspecified atom stereocenters. The average Bonchev–Trinajstić information content (AvgIpc) is 2.97. The van der Waals surface area contributed by atoms with Crippen molar-refractivity contribution < 1.29 is 12.9 Å². The number of aromatic nitrogens is 2. The van der Waals surface area contributed by atoms with Crippen molar-refractivity contribution in [2.75, 3.05) is 20.1 Å². The Kier molecular flexibility index (Phi) is 4.16.